The van der Waals surface area contributed by atoms with Gasteiger partial charge in [-0.1, -0.05) is 6.07 Å². The normalized spacial score (nSPS) is 16.1. The van der Waals surface area contributed by atoms with Gasteiger partial charge in [0, 0.05) is 12.6 Å². The highest BCUT2D eigenvalue weighted by Crippen LogP contribution is 2.26. The first-order chi connectivity index (χ1) is 13.7. The van der Waals surface area contributed by atoms with Crippen LogP contribution in [0, 0.1) is 17.5 Å². The first-order valence-electron chi connectivity index (χ1n) is 9.18. The van der Waals surface area contributed by atoms with Crippen LogP contribution in [0.2, 0.25) is 0 Å². The van der Waals surface area contributed by atoms with Crippen molar-refractivity contribution < 1.29 is 26.4 Å². The summed E-state index contributed by atoms with van der Waals surface area (Å²) in [7, 11) is -3.75. The van der Waals surface area contributed by atoms with Gasteiger partial charge in [0.05, 0.1) is 15.7 Å². The number of nitrogens with zero attached hydrogens (tertiary/aromatic N) is 1. The van der Waals surface area contributed by atoms with Crippen LogP contribution in [0.5, 0.6) is 0 Å². The van der Waals surface area contributed by atoms with Crippen LogP contribution in [-0.2, 0) is 16.3 Å². The zero-order chi connectivity index (χ0) is 21.2. The minimum absolute atomic E-state index is 0.174. The van der Waals surface area contributed by atoms with Crippen molar-refractivity contribution >= 4 is 15.7 Å². The fourth-order valence-corrected chi connectivity index (χ4v) is 5.25. The summed E-state index contributed by atoms with van der Waals surface area (Å²) in [5.41, 5.74) is 5.10. The number of rotatable bonds is 6. The van der Waals surface area contributed by atoms with Crippen LogP contribution in [0.25, 0.3) is 0 Å². The fraction of sp³-hybridized carbons (Fsp3) is 0.350. The van der Waals surface area contributed by atoms with Gasteiger partial charge in [-0.05, 0) is 62.2 Å². The second kappa shape index (κ2) is 8.54. The Morgan fingerprint density at radius 2 is 1.72 bits per heavy atom. The van der Waals surface area contributed by atoms with Gasteiger partial charge in [-0.15, -0.1) is 0 Å². The molecule has 0 aromatic heterocycles. The van der Waals surface area contributed by atoms with E-state index in [1.54, 1.807) is 0 Å². The van der Waals surface area contributed by atoms with Gasteiger partial charge in [-0.25, -0.2) is 21.6 Å². The number of sulfone groups is 1. The van der Waals surface area contributed by atoms with Gasteiger partial charge in [0.1, 0.15) is 17.5 Å². The fourth-order valence-electron chi connectivity index (χ4n) is 3.51. The van der Waals surface area contributed by atoms with Crippen molar-refractivity contribution in [3.8, 4) is 0 Å². The van der Waals surface area contributed by atoms with Crippen LogP contribution < -0.4 is 5.73 Å². The summed E-state index contributed by atoms with van der Waals surface area (Å²) in [6, 6.07) is 6.57. The lowest BCUT2D eigenvalue weighted by atomic mass is 10.1. The van der Waals surface area contributed by atoms with Crippen molar-refractivity contribution in [2.75, 3.05) is 19.6 Å². The number of likely N-dealkylation sites (tertiary alicyclic amines) is 1. The van der Waals surface area contributed by atoms with E-state index in [9.17, 15) is 26.4 Å². The standard InChI is InChI=1S/C20H21F3N2O3S/c21-14-2-1-13(18(22)11-14)5-8-25-9-6-15(7-10-25)29(27,28)16-3-4-17(20(24)26)19(23)12-16/h1-4,11-12,15H,5-10H2,(H2,24,26). The van der Waals surface area contributed by atoms with E-state index in [-0.39, 0.29) is 10.5 Å². The Balaban J connectivity index is 1.61. The summed E-state index contributed by atoms with van der Waals surface area (Å²) in [6.07, 6.45) is 1.10. The summed E-state index contributed by atoms with van der Waals surface area (Å²) in [5, 5.41) is -0.667. The van der Waals surface area contributed by atoms with E-state index in [2.05, 4.69) is 0 Å². The van der Waals surface area contributed by atoms with E-state index in [0.29, 0.717) is 44.5 Å². The van der Waals surface area contributed by atoms with Crippen LogP contribution >= 0.6 is 0 Å². The number of nitrogens with two attached hydrogens (primary N) is 1. The quantitative estimate of drug-likeness (QED) is 0.770. The van der Waals surface area contributed by atoms with E-state index in [1.165, 1.54) is 18.2 Å². The van der Waals surface area contributed by atoms with Crippen LogP contribution in [0.1, 0.15) is 28.8 Å². The number of primary amides is 1. The largest absolute Gasteiger partial charge is 0.366 e. The van der Waals surface area contributed by atoms with E-state index >= 15 is 0 Å². The highest BCUT2D eigenvalue weighted by molar-refractivity contribution is 7.92. The molecule has 2 aromatic carbocycles. The predicted molar refractivity (Wildman–Crippen MR) is 102 cm³/mol. The second-order valence-corrected chi connectivity index (χ2v) is 9.31. The van der Waals surface area contributed by atoms with E-state index < -0.39 is 38.4 Å². The van der Waals surface area contributed by atoms with Crippen LogP contribution in [-0.4, -0.2) is 44.1 Å². The van der Waals surface area contributed by atoms with Crippen LogP contribution in [0.15, 0.2) is 41.3 Å². The molecule has 1 saturated heterocycles. The molecule has 0 aliphatic carbocycles. The number of hydrogen-bond donors (Lipinski definition) is 1. The van der Waals surface area contributed by atoms with Crippen molar-refractivity contribution in [3.63, 3.8) is 0 Å². The average molecular weight is 426 g/mol. The third-order valence-corrected chi connectivity index (χ3v) is 7.48. The molecule has 0 radical (unpaired) electrons. The van der Waals surface area contributed by atoms with Crippen LogP contribution in [0.3, 0.4) is 0 Å². The summed E-state index contributed by atoms with van der Waals surface area (Å²) in [4.78, 5) is 13.0. The molecule has 1 aliphatic heterocycles. The van der Waals surface area contributed by atoms with Crippen LogP contribution in [0.4, 0.5) is 13.2 Å². The number of carbonyl (C=O) groups excluding carboxylic acids is 1. The third-order valence-electron chi connectivity index (χ3n) is 5.22. The SMILES string of the molecule is NC(=O)c1ccc(S(=O)(=O)C2CCN(CCc3ccc(F)cc3F)CC2)cc1F. The van der Waals surface area contributed by atoms with Gasteiger partial charge in [0.2, 0.25) is 0 Å². The van der Waals surface area contributed by atoms with Crippen molar-refractivity contribution in [1.82, 2.24) is 4.90 Å². The summed E-state index contributed by atoms with van der Waals surface area (Å²) >= 11 is 0. The lowest BCUT2D eigenvalue weighted by molar-refractivity contribution is 0.0996. The van der Waals surface area contributed by atoms with Crippen molar-refractivity contribution in [2.45, 2.75) is 29.4 Å². The number of amides is 1. The molecule has 1 fully saturated rings. The Morgan fingerprint density at radius 3 is 2.31 bits per heavy atom. The molecule has 2 N–H and O–H groups in total. The number of halogens is 3. The molecular weight excluding hydrogens is 405 g/mol. The highest BCUT2D eigenvalue weighted by atomic mass is 32.2. The van der Waals surface area contributed by atoms with Gasteiger partial charge < -0.3 is 10.6 Å². The van der Waals surface area contributed by atoms with Crippen molar-refractivity contribution in [3.05, 3.63) is 65.0 Å². The minimum atomic E-state index is -3.75. The molecule has 5 nitrogen and oxygen atoms in total. The first-order valence-corrected chi connectivity index (χ1v) is 10.7. The lowest BCUT2D eigenvalue weighted by Crippen LogP contribution is -2.40. The van der Waals surface area contributed by atoms with E-state index in [4.69, 9.17) is 5.73 Å². The second-order valence-electron chi connectivity index (χ2n) is 7.08. The Morgan fingerprint density at radius 1 is 1.03 bits per heavy atom. The molecule has 156 valence electrons. The Kier molecular flexibility index (Phi) is 6.28. The molecule has 29 heavy (non-hydrogen) atoms. The summed E-state index contributed by atoms with van der Waals surface area (Å²) < 4.78 is 66.2. The van der Waals surface area contributed by atoms with Gasteiger partial charge in [0.25, 0.3) is 5.91 Å². The van der Waals surface area contributed by atoms with Gasteiger partial charge in [-0.3, -0.25) is 4.79 Å². The molecule has 0 spiro atoms. The van der Waals surface area contributed by atoms with Crippen molar-refractivity contribution in [1.29, 1.82) is 0 Å². The van der Waals surface area contributed by atoms with E-state index in [1.807, 2.05) is 4.90 Å². The van der Waals surface area contributed by atoms with Crippen molar-refractivity contribution in [2.24, 2.45) is 5.73 Å². The molecule has 1 amide bonds. The monoisotopic (exact) mass is 426 g/mol. The number of benzene rings is 2. The minimum Gasteiger partial charge on any atom is -0.366 e. The molecule has 3 rings (SSSR count). The zero-order valence-electron chi connectivity index (χ0n) is 15.6. The predicted octanol–water partition coefficient (Wildman–Crippen LogP) is 2.68. The molecule has 0 bridgehead atoms. The maximum Gasteiger partial charge on any atom is 0.251 e. The Bertz CT molecular complexity index is 1020. The number of carbonyl (C=O) groups is 1. The maximum atomic E-state index is 14.0. The average Bonchev–Trinajstić information content (AvgIpc) is 2.67. The zero-order valence-corrected chi connectivity index (χ0v) is 16.4. The molecular formula is C20H21F3N2O3S. The molecule has 9 heteroatoms. The van der Waals surface area contributed by atoms with Gasteiger partial charge >= 0.3 is 0 Å². The first kappa shape index (κ1) is 21.3. The number of piperidine rings is 1. The molecule has 0 saturated carbocycles. The summed E-state index contributed by atoms with van der Waals surface area (Å²) in [5.74, 6) is -3.14. The third kappa shape index (κ3) is 4.79. The van der Waals surface area contributed by atoms with E-state index in [0.717, 1.165) is 18.2 Å². The maximum absolute atomic E-state index is 14.0. The smallest absolute Gasteiger partial charge is 0.251 e. The lowest BCUT2D eigenvalue weighted by Gasteiger charge is -2.31. The molecule has 1 heterocycles. The molecule has 2 aromatic rings. The Labute approximate surface area is 167 Å². The number of hydrogen-bond acceptors (Lipinski definition) is 4. The molecule has 0 atom stereocenters. The highest BCUT2D eigenvalue weighted by Gasteiger charge is 2.32. The molecule has 0 unspecified atom stereocenters. The topological polar surface area (TPSA) is 80.5 Å². The van der Waals surface area contributed by atoms with Gasteiger partial charge in [0.15, 0.2) is 9.84 Å². The summed E-state index contributed by atoms with van der Waals surface area (Å²) in [6.45, 7) is 1.51. The Hall–Kier alpha value is -2.39. The molecule has 1 aliphatic rings. The van der Waals surface area contributed by atoms with Gasteiger partial charge in [-0.2, -0.15) is 0 Å².